The number of amides is 10. The van der Waals surface area contributed by atoms with E-state index in [2.05, 4.69) is 31.9 Å². The summed E-state index contributed by atoms with van der Waals surface area (Å²) in [6.45, 7) is 1.48. The summed E-state index contributed by atoms with van der Waals surface area (Å²) in [5.74, 6) is -0.584. The van der Waals surface area contributed by atoms with Crippen LogP contribution in [0.2, 0.25) is 0 Å². The maximum atomic E-state index is 12.0. The van der Waals surface area contributed by atoms with Crippen LogP contribution >= 0.6 is 23.5 Å². The van der Waals surface area contributed by atoms with Crippen LogP contribution < -0.4 is 31.9 Å². The first-order chi connectivity index (χ1) is 35.9. The molecule has 6 rings (SSSR count). The highest BCUT2D eigenvalue weighted by Gasteiger charge is 2.43. The number of hydroxylamine groups is 4. The summed E-state index contributed by atoms with van der Waals surface area (Å²) in [5.41, 5.74) is 0. The molecular formula is C52H84N8O12S2. The van der Waals surface area contributed by atoms with Crippen molar-refractivity contribution in [3.63, 3.8) is 0 Å². The number of nitrogens with one attached hydrogen (secondary N) is 6. The first-order valence-electron chi connectivity index (χ1n) is 27.9. The molecule has 74 heavy (non-hydrogen) atoms. The fourth-order valence-electron chi connectivity index (χ4n) is 10.1. The molecule has 10 amide bonds. The van der Waals surface area contributed by atoms with E-state index in [4.69, 9.17) is 9.68 Å². The summed E-state index contributed by atoms with van der Waals surface area (Å²) < 4.78 is 0. The van der Waals surface area contributed by atoms with Gasteiger partial charge in [-0.2, -0.15) is 23.5 Å². The van der Waals surface area contributed by atoms with Crippen LogP contribution in [-0.2, 0) is 48.0 Å². The van der Waals surface area contributed by atoms with Gasteiger partial charge in [-0.05, 0) is 51.4 Å². The second-order valence-electron chi connectivity index (χ2n) is 20.4. The van der Waals surface area contributed by atoms with E-state index in [1.54, 1.807) is 0 Å². The largest absolute Gasteiger partial charge is 0.356 e. The third kappa shape index (κ3) is 22.3. The summed E-state index contributed by atoms with van der Waals surface area (Å²) in [6.07, 6.45) is 26.8. The fourth-order valence-corrected chi connectivity index (χ4v) is 13.1. The normalized spacial score (nSPS) is 22.6. The Balaban J connectivity index is 0.000000274. The Hall–Kier alpha value is -4.60. The Bertz CT molecular complexity index is 1720. The number of imide groups is 2. The minimum absolute atomic E-state index is 0.0503. The molecule has 20 nitrogen and oxygen atoms in total. The Morgan fingerprint density at radius 2 is 0.730 bits per heavy atom. The molecule has 6 aliphatic heterocycles. The number of unbranched alkanes of at least 4 members (excludes halogenated alkanes) is 18. The first-order valence-corrected chi connectivity index (χ1v) is 30.0. The lowest BCUT2D eigenvalue weighted by Crippen LogP contribution is -2.36. The molecule has 6 fully saturated rings. The van der Waals surface area contributed by atoms with Gasteiger partial charge in [0, 0.05) is 86.5 Å². The lowest BCUT2D eigenvalue weighted by molar-refractivity contribution is -0.197. The van der Waals surface area contributed by atoms with E-state index >= 15 is 0 Å². The van der Waals surface area contributed by atoms with Gasteiger partial charge in [0.25, 0.3) is 23.6 Å². The van der Waals surface area contributed by atoms with E-state index in [-0.39, 0.29) is 86.6 Å². The Morgan fingerprint density at radius 1 is 0.419 bits per heavy atom. The molecular weight excluding hydrogens is 993 g/mol. The van der Waals surface area contributed by atoms with Gasteiger partial charge in [-0.15, -0.1) is 10.1 Å². The lowest BCUT2D eigenvalue weighted by Gasteiger charge is -2.16. The van der Waals surface area contributed by atoms with Crippen molar-refractivity contribution in [2.45, 2.75) is 240 Å². The molecule has 6 atom stereocenters. The van der Waals surface area contributed by atoms with Crippen LogP contribution in [0.5, 0.6) is 0 Å². The quantitative estimate of drug-likeness (QED) is 0.0217. The Labute approximate surface area is 445 Å². The summed E-state index contributed by atoms with van der Waals surface area (Å²) in [6, 6.07) is 0.903. The molecule has 0 aromatic carbocycles. The lowest BCUT2D eigenvalue weighted by atomic mass is 10.0. The maximum Gasteiger partial charge on any atom is 0.333 e. The van der Waals surface area contributed by atoms with E-state index in [0.29, 0.717) is 46.3 Å². The standard InChI is InChI=1S/2C26H42N4O6S/c2*31-21(13-10-9-12-20-25-19(18-37-20)28-26(35)29-25)27-17-11-7-5-3-1-2-4-6-8-14-24(34)36-30-22(32)15-16-23(30)33/h2*19-20,25H,1-18H2,(H,27,31)(H2,28,29,35)/t19-,20?,25-;19-,20-,25-/m00/s1. The number of nitrogens with zero attached hydrogens (tertiary/aromatic N) is 2. The zero-order chi connectivity index (χ0) is 52.9. The van der Waals surface area contributed by atoms with Crippen LogP contribution in [0.4, 0.5) is 9.59 Å². The third-order valence-corrected chi connectivity index (χ3v) is 17.3. The highest BCUT2D eigenvalue weighted by Crippen LogP contribution is 2.34. The van der Waals surface area contributed by atoms with Crippen LogP contribution in [0.15, 0.2) is 0 Å². The number of rotatable bonds is 36. The molecule has 6 aliphatic rings. The molecule has 0 bridgehead atoms. The number of carbonyl (C=O) groups is 10. The zero-order valence-corrected chi connectivity index (χ0v) is 45.2. The van der Waals surface area contributed by atoms with E-state index in [9.17, 15) is 47.9 Å². The number of urea groups is 2. The Morgan fingerprint density at radius 3 is 1.08 bits per heavy atom. The number of fused-ring (bicyclic) bond motifs is 2. The van der Waals surface area contributed by atoms with Crippen molar-refractivity contribution < 1.29 is 57.6 Å². The van der Waals surface area contributed by atoms with E-state index in [1.807, 2.05) is 23.5 Å². The first kappa shape index (κ1) is 60.3. The molecule has 6 heterocycles. The van der Waals surface area contributed by atoms with Crippen molar-refractivity contribution in [2.75, 3.05) is 24.6 Å². The summed E-state index contributed by atoms with van der Waals surface area (Å²) in [4.78, 5) is 126. The van der Waals surface area contributed by atoms with Crippen molar-refractivity contribution in [1.29, 1.82) is 0 Å². The minimum Gasteiger partial charge on any atom is -0.356 e. The smallest absolute Gasteiger partial charge is 0.333 e. The third-order valence-electron chi connectivity index (χ3n) is 14.3. The number of hydrogen-bond donors (Lipinski definition) is 6. The number of carbonyl (C=O) groups excluding carboxylic acids is 10. The zero-order valence-electron chi connectivity index (χ0n) is 43.5. The van der Waals surface area contributed by atoms with Crippen LogP contribution in [-0.4, -0.2) is 129 Å². The molecule has 0 aromatic rings. The van der Waals surface area contributed by atoms with Crippen LogP contribution in [0.1, 0.15) is 205 Å². The molecule has 6 N–H and O–H groups in total. The predicted molar refractivity (Wildman–Crippen MR) is 281 cm³/mol. The van der Waals surface area contributed by atoms with Gasteiger partial charge in [0.1, 0.15) is 0 Å². The van der Waals surface area contributed by atoms with Gasteiger partial charge in [-0.25, -0.2) is 19.2 Å². The van der Waals surface area contributed by atoms with Gasteiger partial charge in [-0.1, -0.05) is 103 Å². The van der Waals surface area contributed by atoms with Crippen molar-refractivity contribution in [3.05, 3.63) is 0 Å². The second kappa shape index (κ2) is 34.1. The molecule has 6 saturated heterocycles. The van der Waals surface area contributed by atoms with Crippen LogP contribution in [0.3, 0.4) is 0 Å². The second-order valence-corrected chi connectivity index (χ2v) is 22.9. The van der Waals surface area contributed by atoms with Crippen molar-refractivity contribution in [3.8, 4) is 0 Å². The highest BCUT2D eigenvalue weighted by atomic mass is 32.2. The average Bonchev–Trinajstić information content (AvgIpc) is 4.24. The van der Waals surface area contributed by atoms with Crippen LogP contribution in [0.25, 0.3) is 0 Å². The molecule has 0 aliphatic carbocycles. The van der Waals surface area contributed by atoms with Crippen molar-refractivity contribution in [1.82, 2.24) is 42.0 Å². The van der Waals surface area contributed by atoms with E-state index in [1.165, 1.54) is 12.8 Å². The molecule has 0 saturated carbocycles. The van der Waals surface area contributed by atoms with Gasteiger partial charge in [0.05, 0.1) is 24.2 Å². The van der Waals surface area contributed by atoms with Crippen molar-refractivity contribution in [2.24, 2.45) is 0 Å². The van der Waals surface area contributed by atoms with Gasteiger partial charge in [0.2, 0.25) is 11.8 Å². The van der Waals surface area contributed by atoms with Crippen molar-refractivity contribution >= 4 is 83.0 Å². The van der Waals surface area contributed by atoms with Gasteiger partial charge < -0.3 is 41.6 Å². The minimum atomic E-state index is -0.519. The highest BCUT2D eigenvalue weighted by molar-refractivity contribution is 8.00. The molecule has 1 unspecified atom stereocenters. The summed E-state index contributed by atoms with van der Waals surface area (Å²) in [5, 5.41) is 20.1. The SMILES string of the molecule is O=C(CCCCC1SC[C@@H]2NC(=O)N[C@H]12)NCCCCCCCCCCCC(=O)ON1C(=O)CCC1=O.O=C(CCCC[C@@H]1SC[C@@H]2NC(=O)N[C@@H]21)NCCCCCCCCCCCC(=O)ON1C(=O)CCC1=O. The Kier molecular flexibility index (Phi) is 27.8. The summed E-state index contributed by atoms with van der Waals surface area (Å²) in [7, 11) is 0. The molecule has 416 valence electrons. The maximum absolute atomic E-state index is 12.0. The topological polar surface area (TPSA) is 268 Å². The van der Waals surface area contributed by atoms with Gasteiger partial charge in [-0.3, -0.25) is 28.8 Å². The van der Waals surface area contributed by atoms with Crippen LogP contribution in [0, 0.1) is 0 Å². The van der Waals surface area contributed by atoms with Gasteiger partial charge in [0.15, 0.2) is 0 Å². The monoisotopic (exact) mass is 1080 g/mol. The molecule has 0 spiro atoms. The average molecular weight is 1080 g/mol. The summed E-state index contributed by atoms with van der Waals surface area (Å²) >= 11 is 3.83. The van der Waals surface area contributed by atoms with Gasteiger partial charge >= 0.3 is 24.0 Å². The number of thioether (sulfide) groups is 2. The molecule has 0 radical (unpaired) electrons. The number of hydrogen-bond acceptors (Lipinski definition) is 14. The predicted octanol–water partition coefficient (Wildman–Crippen LogP) is 6.67. The molecule has 0 aromatic heterocycles. The van der Waals surface area contributed by atoms with E-state index < -0.39 is 35.6 Å². The van der Waals surface area contributed by atoms with E-state index in [0.717, 1.165) is 153 Å². The fraction of sp³-hybridized carbons (Fsp3) is 0.808. The molecule has 22 heteroatoms.